The lowest BCUT2D eigenvalue weighted by Gasteiger charge is -2.35. The number of aromatic nitrogens is 3. The van der Waals surface area contributed by atoms with Crippen LogP contribution in [-0.2, 0) is 11.2 Å². The molecule has 0 bridgehead atoms. The molecule has 0 radical (unpaired) electrons. The lowest BCUT2D eigenvalue weighted by molar-refractivity contribution is -0.131. The molecule has 2 aromatic rings. The Morgan fingerprint density at radius 3 is 2.38 bits per heavy atom. The van der Waals surface area contributed by atoms with Crippen molar-refractivity contribution in [2.24, 2.45) is 0 Å². The second-order valence-electron chi connectivity index (χ2n) is 6.42. The van der Waals surface area contributed by atoms with Crippen LogP contribution in [0.25, 0.3) is 0 Å². The van der Waals surface area contributed by atoms with E-state index in [1.165, 1.54) is 0 Å². The molecule has 6 nitrogen and oxygen atoms in total. The van der Waals surface area contributed by atoms with Gasteiger partial charge in [-0.1, -0.05) is 17.8 Å². The van der Waals surface area contributed by atoms with Crippen LogP contribution in [0.5, 0.6) is 0 Å². The van der Waals surface area contributed by atoms with Crippen molar-refractivity contribution < 1.29 is 4.79 Å². The number of amides is 1. The van der Waals surface area contributed by atoms with Gasteiger partial charge in [0.2, 0.25) is 5.91 Å². The molecule has 3 heterocycles. The molecule has 0 aromatic carbocycles. The molecular formula is C19H25N5OS. The lowest BCUT2D eigenvalue weighted by atomic mass is 10.1. The fourth-order valence-electron chi connectivity index (χ4n) is 3.28. The first-order valence-corrected chi connectivity index (χ1v) is 10.1. The number of anilines is 1. The maximum absolute atomic E-state index is 12.6. The van der Waals surface area contributed by atoms with Gasteiger partial charge in [0.1, 0.15) is 5.82 Å². The van der Waals surface area contributed by atoms with E-state index in [2.05, 4.69) is 19.9 Å². The van der Waals surface area contributed by atoms with Crippen molar-refractivity contribution in [3.8, 4) is 0 Å². The second-order valence-corrected chi connectivity index (χ2v) is 7.19. The van der Waals surface area contributed by atoms with Crippen molar-refractivity contribution in [2.45, 2.75) is 31.8 Å². The van der Waals surface area contributed by atoms with Crippen LogP contribution >= 0.6 is 11.8 Å². The minimum atomic E-state index is 0.207. The van der Waals surface area contributed by atoms with Gasteiger partial charge in [0.15, 0.2) is 5.16 Å². The zero-order valence-corrected chi connectivity index (χ0v) is 16.4. The number of carbonyl (C=O) groups excluding carboxylic acids is 1. The Bertz CT molecular complexity index is 737. The number of hydrogen-bond donors (Lipinski definition) is 0. The molecule has 3 rings (SSSR count). The third-order valence-corrected chi connectivity index (χ3v) is 5.32. The quantitative estimate of drug-likeness (QED) is 0.594. The smallest absolute Gasteiger partial charge is 0.223 e. The predicted octanol–water partition coefficient (Wildman–Crippen LogP) is 2.49. The standard InChI is InChI=1S/C19H25N5OS/c1-14-16(15(2)22-19(21-14)26-3)7-8-18(25)24-12-10-23(11-13-24)17-6-4-5-9-20-17/h4-6,9H,7-8,10-13H2,1-3H3. The Morgan fingerprint density at radius 1 is 1.12 bits per heavy atom. The summed E-state index contributed by atoms with van der Waals surface area (Å²) >= 11 is 1.54. The topological polar surface area (TPSA) is 62.2 Å². The maximum Gasteiger partial charge on any atom is 0.223 e. The summed E-state index contributed by atoms with van der Waals surface area (Å²) in [4.78, 5) is 30.2. The van der Waals surface area contributed by atoms with Gasteiger partial charge in [0, 0.05) is 50.2 Å². The van der Waals surface area contributed by atoms with Crippen molar-refractivity contribution in [1.29, 1.82) is 0 Å². The van der Waals surface area contributed by atoms with Gasteiger partial charge < -0.3 is 9.80 Å². The van der Waals surface area contributed by atoms with Crippen LogP contribution in [0, 0.1) is 13.8 Å². The average molecular weight is 372 g/mol. The Balaban J connectivity index is 1.54. The van der Waals surface area contributed by atoms with Crippen LogP contribution < -0.4 is 4.90 Å². The fourth-order valence-corrected chi connectivity index (χ4v) is 3.73. The third-order valence-electron chi connectivity index (χ3n) is 4.78. The molecule has 1 aliphatic rings. The van der Waals surface area contributed by atoms with E-state index in [0.717, 1.165) is 54.1 Å². The van der Waals surface area contributed by atoms with E-state index >= 15 is 0 Å². The molecule has 0 aliphatic carbocycles. The SMILES string of the molecule is CSc1nc(C)c(CCC(=O)N2CCN(c3ccccn3)CC2)c(C)n1. The highest BCUT2D eigenvalue weighted by molar-refractivity contribution is 7.98. The number of nitrogens with zero attached hydrogens (tertiary/aromatic N) is 5. The first-order valence-electron chi connectivity index (χ1n) is 8.90. The highest BCUT2D eigenvalue weighted by Gasteiger charge is 2.22. The summed E-state index contributed by atoms with van der Waals surface area (Å²) in [6.07, 6.45) is 4.99. The summed E-state index contributed by atoms with van der Waals surface area (Å²) in [5, 5.41) is 0.792. The van der Waals surface area contributed by atoms with Gasteiger partial charge in [-0.2, -0.15) is 0 Å². The summed E-state index contributed by atoms with van der Waals surface area (Å²) in [6.45, 7) is 7.14. The molecule has 1 fully saturated rings. The molecule has 138 valence electrons. The summed E-state index contributed by atoms with van der Waals surface area (Å²) in [7, 11) is 0. The summed E-state index contributed by atoms with van der Waals surface area (Å²) in [6, 6.07) is 5.93. The van der Waals surface area contributed by atoms with E-state index in [0.29, 0.717) is 12.8 Å². The van der Waals surface area contributed by atoms with Crippen molar-refractivity contribution in [2.75, 3.05) is 37.3 Å². The van der Waals surface area contributed by atoms with Crippen LogP contribution in [0.3, 0.4) is 0 Å². The molecule has 0 atom stereocenters. The van der Waals surface area contributed by atoms with Crippen molar-refractivity contribution in [1.82, 2.24) is 19.9 Å². The zero-order chi connectivity index (χ0) is 18.5. The number of pyridine rings is 1. The van der Waals surface area contributed by atoms with E-state index in [1.54, 1.807) is 11.8 Å². The minimum absolute atomic E-state index is 0.207. The van der Waals surface area contributed by atoms with Crippen LogP contribution in [0.15, 0.2) is 29.6 Å². The molecule has 0 spiro atoms. The highest BCUT2D eigenvalue weighted by Crippen LogP contribution is 2.18. The van der Waals surface area contributed by atoms with Gasteiger partial charge >= 0.3 is 0 Å². The lowest BCUT2D eigenvalue weighted by Crippen LogP contribution is -2.49. The van der Waals surface area contributed by atoms with Crippen LogP contribution in [0.4, 0.5) is 5.82 Å². The number of rotatable bonds is 5. The van der Waals surface area contributed by atoms with Crippen LogP contribution in [0.1, 0.15) is 23.4 Å². The second kappa shape index (κ2) is 8.49. The van der Waals surface area contributed by atoms with E-state index in [-0.39, 0.29) is 5.91 Å². The fraction of sp³-hybridized carbons (Fsp3) is 0.474. The van der Waals surface area contributed by atoms with Gasteiger partial charge in [-0.25, -0.2) is 15.0 Å². The number of piperazine rings is 1. The largest absolute Gasteiger partial charge is 0.353 e. The molecule has 1 amide bonds. The highest BCUT2D eigenvalue weighted by atomic mass is 32.2. The Kier molecular flexibility index (Phi) is 6.08. The third kappa shape index (κ3) is 4.33. The molecule has 7 heteroatoms. The number of aryl methyl sites for hydroxylation is 2. The van der Waals surface area contributed by atoms with Crippen molar-refractivity contribution in [3.63, 3.8) is 0 Å². The molecular weight excluding hydrogens is 346 g/mol. The molecule has 0 N–H and O–H groups in total. The van der Waals surface area contributed by atoms with E-state index < -0.39 is 0 Å². The average Bonchev–Trinajstić information content (AvgIpc) is 2.67. The molecule has 0 unspecified atom stereocenters. The monoisotopic (exact) mass is 371 g/mol. The first-order chi connectivity index (χ1) is 12.6. The molecule has 2 aromatic heterocycles. The Hall–Kier alpha value is -2.15. The normalized spacial score (nSPS) is 14.6. The van der Waals surface area contributed by atoms with Gasteiger partial charge in [0.25, 0.3) is 0 Å². The molecule has 0 saturated carbocycles. The molecule has 1 aliphatic heterocycles. The number of hydrogen-bond acceptors (Lipinski definition) is 6. The zero-order valence-electron chi connectivity index (χ0n) is 15.6. The van der Waals surface area contributed by atoms with Crippen molar-refractivity contribution >= 4 is 23.5 Å². The predicted molar refractivity (Wildman–Crippen MR) is 105 cm³/mol. The van der Waals surface area contributed by atoms with Crippen LogP contribution in [-0.4, -0.2) is 58.2 Å². The van der Waals surface area contributed by atoms with E-state index in [1.807, 2.05) is 49.4 Å². The molecule has 1 saturated heterocycles. The van der Waals surface area contributed by atoms with Crippen molar-refractivity contribution in [3.05, 3.63) is 41.3 Å². The summed E-state index contributed by atoms with van der Waals surface area (Å²) in [5.41, 5.74) is 3.06. The van der Waals surface area contributed by atoms with Gasteiger partial charge in [-0.05, 0) is 44.2 Å². The van der Waals surface area contributed by atoms with Gasteiger partial charge in [-0.3, -0.25) is 4.79 Å². The summed E-state index contributed by atoms with van der Waals surface area (Å²) < 4.78 is 0. The van der Waals surface area contributed by atoms with Gasteiger partial charge in [-0.15, -0.1) is 0 Å². The Morgan fingerprint density at radius 2 is 1.81 bits per heavy atom. The first kappa shape index (κ1) is 18.6. The van der Waals surface area contributed by atoms with Gasteiger partial charge in [0.05, 0.1) is 0 Å². The summed E-state index contributed by atoms with van der Waals surface area (Å²) in [5.74, 6) is 1.19. The molecule has 26 heavy (non-hydrogen) atoms. The number of carbonyl (C=O) groups is 1. The van der Waals surface area contributed by atoms with E-state index in [4.69, 9.17) is 0 Å². The Labute approximate surface area is 159 Å². The maximum atomic E-state index is 12.6. The minimum Gasteiger partial charge on any atom is -0.353 e. The van der Waals surface area contributed by atoms with E-state index in [9.17, 15) is 4.79 Å². The number of thioether (sulfide) groups is 1. The van der Waals surface area contributed by atoms with Crippen LogP contribution in [0.2, 0.25) is 0 Å².